The summed E-state index contributed by atoms with van der Waals surface area (Å²) in [6, 6.07) is 17.2. The maximum atomic E-state index is 9.45. The lowest BCUT2D eigenvalue weighted by molar-refractivity contribution is 0.475. The van der Waals surface area contributed by atoms with Crippen LogP contribution in [0.5, 0.6) is 5.75 Å². The summed E-state index contributed by atoms with van der Waals surface area (Å²) in [6.45, 7) is 1.89. The molecule has 4 aromatic rings. The highest BCUT2D eigenvalue weighted by molar-refractivity contribution is 7.17. The first-order valence-corrected chi connectivity index (χ1v) is 8.46. The van der Waals surface area contributed by atoms with Gasteiger partial charge in [0.25, 0.3) is 0 Å². The number of thiophene rings is 1. The number of hydrogen-bond donors (Lipinski definition) is 2. The third kappa shape index (κ3) is 2.70. The van der Waals surface area contributed by atoms with Crippen LogP contribution in [0, 0.1) is 6.92 Å². The number of nitrogens with zero attached hydrogens (tertiary/aromatic N) is 2. The molecule has 0 bridgehead atoms. The summed E-state index contributed by atoms with van der Waals surface area (Å²) in [6.07, 6.45) is 0. The van der Waals surface area contributed by atoms with E-state index in [9.17, 15) is 5.11 Å². The summed E-state index contributed by atoms with van der Waals surface area (Å²) >= 11 is 1.62. The van der Waals surface area contributed by atoms with E-state index >= 15 is 0 Å². The predicted octanol–water partition coefficient (Wildman–Crippen LogP) is 5.12. The normalized spacial score (nSPS) is 10.9. The molecule has 2 aromatic heterocycles. The quantitative estimate of drug-likeness (QED) is 0.511. The van der Waals surface area contributed by atoms with Gasteiger partial charge < -0.3 is 10.4 Å². The second-order valence-electron chi connectivity index (χ2n) is 5.49. The van der Waals surface area contributed by atoms with Crippen LogP contribution in [0.2, 0.25) is 0 Å². The maximum absolute atomic E-state index is 9.45. The van der Waals surface area contributed by atoms with Crippen LogP contribution in [0.3, 0.4) is 0 Å². The highest BCUT2D eigenvalue weighted by atomic mass is 32.1. The topological polar surface area (TPSA) is 58.0 Å². The van der Waals surface area contributed by atoms with Gasteiger partial charge in [-0.1, -0.05) is 30.3 Å². The molecule has 0 aliphatic carbocycles. The number of aryl methyl sites for hydroxylation is 1. The lowest BCUT2D eigenvalue weighted by atomic mass is 10.1. The molecule has 0 atom stereocenters. The van der Waals surface area contributed by atoms with Crippen molar-refractivity contribution in [1.82, 2.24) is 9.97 Å². The largest absolute Gasteiger partial charge is 0.508 e. The minimum atomic E-state index is 0.241. The molecule has 0 amide bonds. The Labute approximate surface area is 143 Å². The van der Waals surface area contributed by atoms with Crippen molar-refractivity contribution in [1.29, 1.82) is 0 Å². The molecule has 2 aromatic carbocycles. The first-order chi connectivity index (χ1) is 11.7. The smallest absolute Gasteiger partial charge is 0.143 e. The van der Waals surface area contributed by atoms with E-state index in [0.29, 0.717) is 0 Å². The van der Waals surface area contributed by atoms with E-state index < -0.39 is 0 Å². The minimum absolute atomic E-state index is 0.241. The van der Waals surface area contributed by atoms with Crippen LogP contribution in [0.15, 0.2) is 60.0 Å². The molecule has 2 N–H and O–H groups in total. The van der Waals surface area contributed by atoms with E-state index in [1.165, 1.54) is 0 Å². The summed E-state index contributed by atoms with van der Waals surface area (Å²) in [5, 5.41) is 15.9. The fraction of sp³-hybridized carbons (Fsp3) is 0.0526. The van der Waals surface area contributed by atoms with E-state index in [4.69, 9.17) is 0 Å². The Morgan fingerprint density at radius 2 is 1.71 bits per heavy atom. The van der Waals surface area contributed by atoms with Crippen molar-refractivity contribution in [3.63, 3.8) is 0 Å². The number of rotatable bonds is 3. The second kappa shape index (κ2) is 5.94. The molecule has 5 heteroatoms. The van der Waals surface area contributed by atoms with Crippen LogP contribution in [0.4, 0.5) is 11.5 Å². The van der Waals surface area contributed by atoms with Crippen molar-refractivity contribution in [3.05, 3.63) is 65.8 Å². The number of phenols is 1. The maximum Gasteiger partial charge on any atom is 0.143 e. The van der Waals surface area contributed by atoms with Crippen LogP contribution in [0.25, 0.3) is 21.3 Å². The summed E-state index contributed by atoms with van der Waals surface area (Å²) in [5.41, 5.74) is 3.14. The molecule has 4 nitrogen and oxygen atoms in total. The second-order valence-corrected chi connectivity index (χ2v) is 6.34. The fourth-order valence-corrected chi connectivity index (χ4v) is 3.64. The predicted molar refractivity (Wildman–Crippen MR) is 99.0 cm³/mol. The fourth-order valence-electron chi connectivity index (χ4n) is 2.65. The van der Waals surface area contributed by atoms with E-state index in [1.54, 1.807) is 23.5 Å². The van der Waals surface area contributed by atoms with Gasteiger partial charge in [0.05, 0.1) is 5.39 Å². The monoisotopic (exact) mass is 333 g/mol. The Morgan fingerprint density at radius 1 is 0.958 bits per heavy atom. The summed E-state index contributed by atoms with van der Waals surface area (Å²) in [5.74, 6) is 1.75. The molecule has 2 heterocycles. The van der Waals surface area contributed by atoms with Crippen molar-refractivity contribution in [2.45, 2.75) is 6.92 Å². The van der Waals surface area contributed by atoms with Gasteiger partial charge in [-0.05, 0) is 36.8 Å². The van der Waals surface area contributed by atoms with Gasteiger partial charge in [0, 0.05) is 16.6 Å². The first-order valence-electron chi connectivity index (χ1n) is 7.58. The lowest BCUT2D eigenvalue weighted by Crippen LogP contribution is -1.98. The molecular formula is C19H15N3OS. The molecule has 118 valence electrons. The Bertz CT molecular complexity index is 994. The van der Waals surface area contributed by atoms with Crippen molar-refractivity contribution in [2.24, 2.45) is 0 Å². The van der Waals surface area contributed by atoms with Gasteiger partial charge >= 0.3 is 0 Å². The molecule has 0 radical (unpaired) electrons. The number of nitrogens with one attached hydrogen (secondary N) is 1. The van der Waals surface area contributed by atoms with Gasteiger partial charge in [0.1, 0.15) is 22.2 Å². The average molecular weight is 333 g/mol. The van der Waals surface area contributed by atoms with Crippen LogP contribution in [-0.4, -0.2) is 15.1 Å². The van der Waals surface area contributed by atoms with Crippen molar-refractivity contribution in [3.8, 4) is 16.9 Å². The van der Waals surface area contributed by atoms with E-state index in [-0.39, 0.29) is 5.75 Å². The van der Waals surface area contributed by atoms with E-state index in [1.807, 2.05) is 37.3 Å². The highest BCUT2D eigenvalue weighted by Gasteiger charge is 2.14. The van der Waals surface area contributed by atoms with Crippen LogP contribution in [0.1, 0.15) is 5.82 Å². The summed E-state index contributed by atoms with van der Waals surface area (Å²) < 4.78 is 0. The molecule has 0 aliphatic heterocycles. The molecule has 24 heavy (non-hydrogen) atoms. The van der Waals surface area contributed by atoms with E-state index in [2.05, 4.69) is 32.8 Å². The Hall–Kier alpha value is -2.92. The third-order valence-electron chi connectivity index (χ3n) is 3.76. The zero-order valence-corrected chi connectivity index (χ0v) is 13.8. The number of benzene rings is 2. The van der Waals surface area contributed by atoms with Gasteiger partial charge in [-0.3, -0.25) is 0 Å². The van der Waals surface area contributed by atoms with Crippen LogP contribution in [-0.2, 0) is 0 Å². The Kier molecular flexibility index (Phi) is 3.63. The van der Waals surface area contributed by atoms with Gasteiger partial charge in [-0.25, -0.2) is 9.97 Å². The van der Waals surface area contributed by atoms with Crippen molar-refractivity contribution >= 4 is 33.1 Å². The molecule has 0 aliphatic rings. The summed E-state index contributed by atoms with van der Waals surface area (Å²) in [4.78, 5) is 10.1. The van der Waals surface area contributed by atoms with Crippen LogP contribution >= 0.6 is 11.3 Å². The Balaban J connectivity index is 1.87. The molecule has 0 spiro atoms. The first kappa shape index (κ1) is 14.7. The van der Waals surface area contributed by atoms with Gasteiger partial charge in [-0.2, -0.15) is 0 Å². The number of phenolic OH excluding ortho intramolecular Hbond substituents is 1. The van der Waals surface area contributed by atoms with Crippen molar-refractivity contribution in [2.75, 3.05) is 5.32 Å². The number of aromatic nitrogens is 2. The van der Waals surface area contributed by atoms with Crippen LogP contribution < -0.4 is 5.32 Å². The number of aromatic hydroxyl groups is 1. The van der Waals surface area contributed by atoms with Gasteiger partial charge in [0.15, 0.2) is 0 Å². The van der Waals surface area contributed by atoms with Gasteiger partial charge in [0.2, 0.25) is 0 Å². The minimum Gasteiger partial charge on any atom is -0.508 e. The highest BCUT2D eigenvalue weighted by Crippen LogP contribution is 2.37. The van der Waals surface area contributed by atoms with E-state index in [0.717, 1.165) is 38.7 Å². The molecule has 4 rings (SSSR count). The zero-order valence-electron chi connectivity index (χ0n) is 13.0. The SMILES string of the molecule is Cc1nc(Nc2ccc(O)cc2)c2c(-c3ccccc3)csc2n1. The molecule has 0 unspecified atom stereocenters. The number of anilines is 2. The molecule has 0 fully saturated rings. The lowest BCUT2D eigenvalue weighted by Gasteiger charge is -2.10. The molecule has 0 saturated heterocycles. The number of hydrogen-bond acceptors (Lipinski definition) is 5. The van der Waals surface area contributed by atoms with Gasteiger partial charge in [-0.15, -0.1) is 11.3 Å². The average Bonchev–Trinajstić information content (AvgIpc) is 3.01. The standard InChI is InChI=1S/C19H15N3OS/c1-12-20-18(22-14-7-9-15(23)10-8-14)17-16(11-24-19(17)21-12)13-5-3-2-4-6-13/h2-11,23H,1H3,(H,20,21,22). The molecule has 0 saturated carbocycles. The zero-order chi connectivity index (χ0) is 16.5. The molecular weight excluding hydrogens is 318 g/mol. The number of fused-ring (bicyclic) bond motifs is 1. The Morgan fingerprint density at radius 3 is 2.46 bits per heavy atom. The third-order valence-corrected chi connectivity index (χ3v) is 4.63. The summed E-state index contributed by atoms with van der Waals surface area (Å²) in [7, 11) is 0. The van der Waals surface area contributed by atoms with Crippen molar-refractivity contribution < 1.29 is 5.11 Å².